The predicted molar refractivity (Wildman–Crippen MR) is 77.1 cm³/mol. The second-order valence-corrected chi connectivity index (χ2v) is 6.27. The topological polar surface area (TPSA) is 89.3 Å². The van der Waals surface area contributed by atoms with Crippen molar-refractivity contribution in [3.63, 3.8) is 0 Å². The summed E-state index contributed by atoms with van der Waals surface area (Å²) < 4.78 is 53.0. The number of sulfonamides is 1. The highest BCUT2D eigenvalue weighted by Gasteiger charge is 2.22. The van der Waals surface area contributed by atoms with E-state index in [0.717, 1.165) is 24.3 Å². The molecule has 0 unspecified atom stereocenters. The summed E-state index contributed by atoms with van der Waals surface area (Å²) in [4.78, 5) is 10.2. The number of nitrogens with one attached hydrogen (secondary N) is 1. The van der Waals surface area contributed by atoms with E-state index in [2.05, 4.69) is 0 Å². The fourth-order valence-corrected chi connectivity index (χ4v) is 3.03. The Morgan fingerprint density at radius 1 is 1.18 bits per heavy atom. The van der Waals surface area contributed by atoms with Crippen molar-refractivity contribution in [1.82, 2.24) is 0 Å². The lowest BCUT2D eigenvalue weighted by atomic mass is 10.2. The molecule has 0 aromatic heterocycles. The Bertz CT molecular complexity index is 856. The van der Waals surface area contributed by atoms with Crippen LogP contribution in [0.3, 0.4) is 0 Å². The molecule has 0 atom stereocenters. The number of carbonyl (C=O) groups is 1. The molecule has 0 saturated carbocycles. The van der Waals surface area contributed by atoms with Gasteiger partial charge in [-0.3, -0.25) is 9.52 Å². The number of carbonyl (C=O) groups excluding carboxylic acids is 1. The molecule has 2 rings (SSSR count). The van der Waals surface area contributed by atoms with E-state index in [1.54, 1.807) is 0 Å². The first-order valence-electron chi connectivity index (χ1n) is 5.78. The monoisotopic (exact) mass is 346 g/mol. The third-order valence-corrected chi connectivity index (χ3v) is 4.41. The van der Waals surface area contributed by atoms with Crippen molar-refractivity contribution in [2.75, 3.05) is 4.72 Å². The van der Waals surface area contributed by atoms with Gasteiger partial charge in [0.1, 0.15) is 4.90 Å². The molecule has 2 aromatic rings. The normalized spacial score (nSPS) is 11.2. The summed E-state index contributed by atoms with van der Waals surface area (Å²) in [6, 6.07) is 6.38. The van der Waals surface area contributed by atoms with Gasteiger partial charge in [-0.05, 0) is 30.3 Å². The maximum atomic E-state index is 13.6. The van der Waals surface area contributed by atoms with E-state index < -0.39 is 32.5 Å². The zero-order valence-electron chi connectivity index (χ0n) is 10.8. The lowest BCUT2D eigenvalue weighted by Gasteiger charge is -2.11. The van der Waals surface area contributed by atoms with Gasteiger partial charge < -0.3 is 5.73 Å². The Hall–Kier alpha value is -2.19. The summed E-state index contributed by atoms with van der Waals surface area (Å²) in [6.45, 7) is 0. The largest absolute Gasteiger partial charge is 0.366 e. The van der Waals surface area contributed by atoms with Crippen LogP contribution in [0.25, 0.3) is 0 Å². The van der Waals surface area contributed by atoms with Crippen LogP contribution in [0.5, 0.6) is 0 Å². The van der Waals surface area contributed by atoms with Crippen LogP contribution in [0.15, 0.2) is 41.3 Å². The average Bonchev–Trinajstić information content (AvgIpc) is 2.43. The molecule has 0 aliphatic rings. The van der Waals surface area contributed by atoms with Crippen LogP contribution in [0, 0.1) is 11.6 Å². The Balaban J connectivity index is 2.47. The lowest BCUT2D eigenvalue weighted by Crippen LogP contribution is -2.17. The molecule has 0 spiro atoms. The van der Waals surface area contributed by atoms with Gasteiger partial charge in [0.05, 0.1) is 10.7 Å². The van der Waals surface area contributed by atoms with Gasteiger partial charge in [0.25, 0.3) is 10.0 Å². The molecule has 0 aliphatic heterocycles. The molecule has 3 N–H and O–H groups in total. The number of amides is 1. The maximum Gasteiger partial charge on any atom is 0.264 e. The highest BCUT2D eigenvalue weighted by Crippen LogP contribution is 2.27. The summed E-state index contributed by atoms with van der Waals surface area (Å²) in [5, 5.41) is -0.0367. The van der Waals surface area contributed by atoms with E-state index in [0.29, 0.717) is 0 Å². The Morgan fingerprint density at radius 2 is 1.86 bits per heavy atom. The number of hydrogen-bond acceptors (Lipinski definition) is 3. The van der Waals surface area contributed by atoms with Crippen LogP contribution in [0.4, 0.5) is 14.5 Å². The number of benzene rings is 2. The number of anilines is 1. The predicted octanol–water partition coefficient (Wildman–Crippen LogP) is 2.52. The minimum atomic E-state index is -4.43. The van der Waals surface area contributed by atoms with Crippen molar-refractivity contribution in [2.24, 2.45) is 5.73 Å². The van der Waals surface area contributed by atoms with E-state index in [9.17, 15) is 22.0 Å². The zero-order chi connectivity index (χ0) is 16.5. The van der Waals surface area contributed by atoms with Gasteiger partial charge in [-0.1, -0.05) is 17.7 Å². The average molecular weight is 347 g/mol. The van der Waals surface area contributed by atoms with Crippen molar-refractivity contribution in [1.29, 1.82) is 0 Å². The summed E-state index contributed by atoms with van der Waals surface area (Å²) in [5.74, 6) is -3.62. The zero-order valence-corrected chi connectivity index (χ0v) is 12.4. The molecule has 1 amide bonds. The van der Waals surface area contributed by atoms with Crippen LogP contribution in [0.2, 0.25) is 5.02 Å². The third kappa shape index (κ3) is 3.18. The standard InChI is InChI=1S/C13H9ClF2N2O3S/c14-8-5-4-7(13(17)19)6-10(8)18-22(20,21)11-3-1-2-9(15)12(11)16/h1-6,18H,(H2,17,19). The molecule has 5 nitrogen and oxygen atoms in total. The van der Waals surface area contributed by atoms with Crippen LogP contribution >= 0.6 is 11.6 Å². The third-order valence-electron chi connectivity index (χ3n) is 2.70. The molecule has 22 heavy (non-hydrogen) atoms. The number of primary amides is 1. The molecule has 9 heteroatoms. The van der Waals surface area contributed by atoms with Crippen molar-refractivity contribution >= 4 is 33.2 Å². The molecule has 0 aliphatic carbocycles. The molecule has 0 bridgehead atoms. The van der Waals surface area contributed by atoms with Gasteiger partial charge in [-0.15, -0.1) is 0 Å². The van der Waals surface area contributed by atoms with E-state index in [4.69, 9.17) is 17.3 Å². The first-order chi connectivity index (χ1) is 10.2. The molecular formula is C13H9ClF2N2O3S. The highest BCUT2D eigenvalue weighted by molar-refractivity contribution is 7.92. The molecule has 0 fully saturated rings. The van der Waals surface area contributed by atoms with Gasteiger partial charge in [-0.2, -0.15) is 0 Å². The summed E-state index contributed by atoms with van der Waals surface area (Å²) >= 11 is 5.82. The number of halogens is 3. The Labute approximate surface area is 129 Å². The fraction of sp³-hybridized carbons (Fsp3) is 0. The lowest BCUT2D eigenvalue weighted by molar-refractivity contribution is 0.100. The SMILES string of the molecule is NC(=O)c1ccc(Cl)c(NS(=O)(=O)c2cccc(F)c2F)c1. The van der Waals surface area contributed by atoms with Crippen LogP contribution in [-0.2, 0) is 10.0 Å². The van der Waals surface area contributed by atoms with Gasteiger partial charge >= 0.3 is 0 Å². The fourth-order valence-electron chi connectivity index (χ4n) is 1.65. The molecule has 0 saturated heterocycles. The van der Waals surface area contributed by atoms with E-state index in [1.165, 1.54) is 12.1 Å². The van der Waals surface area contributed by atoms with E-state index in [1.807, 2.05) is 4.72 Å². The maximum absolute atomic E-state index is 13.6. The van der Waals surface area contributed by atoms with E-state index >= 15 is 0 Å². The number of hydrogen-bond donors (Lipinski definition) is 2. The minimum absolute atomic E-state index is 0.00168. The molecule has 116 valence electrons. The first kappa shape index (κ1) is 16.2. The van der Waals surface area contributed by atoms with Gasteiger partial charge in [-0.25, -0.2) is 17.2 Å². The molecular weight excluding hydrogens is 338 g/mol. The van der Waals surface area contributed by atoms with Crippen molar-refractivity contribution in [3.05, 3.63) is 58.6 Å². The Morgan fingerprint density at radius 3 is 2.50 bits per heavy atom. The van der Waals surface area contributed by atoms with Gasteiger partial charge in [0.15, 0.2) is 11.6 Å². The molecule has 0 heterocycles. The van der Waals surface area contributed by atoms with Gasteiger partial charge in [0, 0.05) is 5.56 Å². The van der Waals surface area contributed by atoms with Crippen LogP contribution < -0.4 is 10.5 Å². The Kier molecular flexibility index (Phi) is 4.34. The first-order valence-corrected chi connectivity index (χ1v) is 7.64. The van der Waals surface area contributed by atoms with Crippen LogP contribution in [0.1, 0.15) is 10.4 Å². The number of rotatable bonds is 4. The second-order valence-electron chi connectivity index (χ2n) is 4.22. The number of nitrogens with two attached hydrogens (primary N) is 1. The summed E-state index contributed by atoms with van der Waals surface area (Å²) in [6.07, 6.45) is 0. The minimum Gasteiger partial charge on any atom is -0.366 e. The van der Waals surface area contributed by atoms with Crippen LogP contribution in [-0.4, -0.2) is 14.3 Å². The second kappa shape index (κ2) is 5.90. The van der Waals surface area contributed by atoms with E-state index in [-0.39, 0.29) is 16.3 Å². The van der Waals surface area contributed by atoms with Crippen molar-refractivity contribution in [2.45, 2.75) is 4.90 Å². The summed E-state index contributed by atoms with van der Waals surface area (Å²) in [5.41, 5.74) is 4.91. The summed E-state index contributed by atoms with van der Waals surface area (Å²) in [7, 11) is -4.43. The van der Waals surface area contributed by atoms with Crippen molar-refractivity contribution in [3.8, 4) is 0 Å². The molecule has 2 aromatic carbocycles. The highest BCUT2D eigenvalue weighted by atomic mass is 35.5. The quantitative estimate of drug-likeness (QED) is 0.891. The molecule has 0 radical (unpaired) electrons. The smallest absolute Gasteiger partial charge is 0.264 e. The van der Waals surface area contributed by atoms with Gasteiger partial charge in [0.2, 0.25) is 5.91 Å². The van der Waals surface area contributed by atoms with Crippen molar-refractivity contribution < 1.29 is 22.0 Å².